The zero-order chi connectivity index (χ0) is 20.1. The van der Waals surface area contributed by atoms with Crippen LogP contribution in [0.1, 0.15) is 10.4 Å². The first-order chi connectivity index (χ1) is 13.4. The van der Waals surface area contributed by atoms with Crippen LogP contribution >= 0.6 is 11.6 Å². The Morgan fingerprint density at radius 3 is 2.36 bits per heavy atom. The van der Waals surface area contributed by atoms with Gasteiger partial charge in [0.2, 0.25) is 0 Å². The minimum atomic E-state index is -3.83. The van der Waals surface area contributed by atoms with E-state index in [1.165, 1.54) is 31.4 Å². The van der Waals surface area contributed by atoms with Gasteiger partial charge in [-0.2, -0.15) is 0 Å². The third kappa shape index (κ3) is 4.62. The predicted molar refractivity (Wildman–Crippen MR) is 110 cm³/mol. The molecule has 1 amide bonds. The predicted octanol–water partition coefficient (Wildman–Crippen LogP) is 4.40. The monoisotopic (exact) mass is 416 g/mol. The van der Waals surface area contributed by atoms with Crippen LogP contribution in [0.4, 0.5) is 11.4 Å². The number of hydrogen-bond acceptors (Lipinski definition) is 4. The van der Waals surface area contributed by atoms with Crippen LogP contribution < -0.4 is 14.8 Å². The second kappa shape index (κ2) is 8.33. The van der Waals surface area contributed by atoms with Gasteiger partial charge in [0.1, 0.15) is 5.75 Å². The first-order valence-electron chi connectivity index (χ1n) is 8.22. The van der Waals surface area contributed by atoms with Crippen LogP contribution in [-0.2, 0) is 10.0 Å². The van der Waals surface area contributed by atoms with Crippen molar-refractivity contribution in [1.82, 2.24) is 0 Å². The van der Waals surface area contributed by atoms with E-state index in [9.17, 15) is 13.2 Å². The molecule has 6 nitrogen and oxygen atoms in total. The van der Waals surface area contributed by atoms with Crippen molar-refractivity contribution in [3.05, 3.63) is 83.4 Å². The molecule has 3 aromatic carbocycles. The number of halogens is 1. The van der Waals surface area contributed by atoms with Crippen molar-refractivity contribution in [3.63, 3.8) is 0 Å². The van der Waals surface area contributed by atoms with E-state index in [1.807, 2.05) is 0 Å². The van der Waals surface area contributed by atoms with Gasteiger partial charge in [-0.25, -0.2) is 8.42 Å². The molecule has 0 aliphatic rings. The van der Waals surface area contributed by atoms with Crippen molar-refractivity contribution in [2.24, 2.45) is 0 Å². The summed E-state index contributed by atoms with van der Waals surface area (Å²) < 4.78 is 32.7. The van der Waals surface area contributed by atoms with Gasteiger partial charge >= 0.3 is 0 Å². The van der Waals surface area contributed by atoms with Crippen molar-refractivity contribution in [1.29, 1.82) is 0 Å². The van der Waals surface area contributed by atoms with Gasteiger partial charge < -0.3 is 10.1 Å². The Labute approximate surface area is 168 Å². The molecule has 3 rings (SSSR count). The number of benzene rings is 3. The average molecular weight is 417 g/mol. The minimum absolute atomic E-state index is 0.0169. The molecule has 3 aromatic rings. The number of para-hydroxylation sites is 1. The minimum Gasteiger partial charge on any atom is -0.495 e. The fraction of sp³-hybridized carbons (Fsp3) is 0.0500. The summed E-state index contributed by atoms with van der Waals surface area (Å²) in [6.07, 6.45) is 0. The van der Waals surface area contributed by atoms with E-state index in [-0.39, 0.29) is 10.5 Å². The quantitative estimate of drug-likeness (QED) is 0.623. The molecule has 0 aromatic heterocycles. The Morgan fingerprint density at radius 1 is 0.929 bits per heavy atom. The van der Waals surface area contributed by atoms with E-state index >= 15 is 0 Å². The second-order valence-corrected chi connectivity index (χ2v) is 7.89. The Kier molecular flexibility index (Phi) is 5.87. The SMILES string of the molecule is COc1ccc(NC(=O)c2cccc(S(=O)(=O)Nc3ccccc3)c2)cc1Cl. The molecule has 2 N–H and O–H groups in total. The molecule has 0 spiro atoms. The highest BCUT2D eigenvalue weighted by Crippen LogP contribution is 2.27. The smallest absolute Gasteiger partial charge is 0.261 e. The molecule has 0 aliphatic heterocycles. The number of methoxy groups -OCH3 is 1. The third-order valence-corrected chi connectivity index (χ3v) is 5.52. The molecule has 0 aliphatic carbocycles. The van der Waals surface area contributed by atoms with E-state index in [0.29, 0.717) is 22.1 Å². The van der Waals surface area contributed by atoms with Crippen molar-refractivity contribution >= 4 is 38.9 Å². The largest absolute Gasteiger partial charge is 0.495 e. The molecule has 0 saturated heterocycles. The van der Waals surface area contributed by atoms with Crippen molar-refractivity contribution in [2.75, 3.05) is 17.1 Å². The molecule has 0 radical (unpaired) electrons. The number of amides is 1. The number of hydrogen-bond donors (Lipinski definition) is 2. The maximum atomic E-state index is 12.6. The molecule has 0 bridgehead atoms. The van der Waals surface area contributed by atoms with Crippen molar-refractivity contribution in [2.45, 2.75) is 4.90 Å². The second-order valence-electron chi connectivity index (χ2n) is 5.80. The van der Waals surface area contributed by atoms with Gasteiger partial charge in [0, 0.05) is 16.9 Å². The van der Waals surface area contributed by atoms with Crippen molar-refractivity contribution < 1.29 is 17.9 Å². The highest BCUT2D eigenvalue weighted by atomic mass is 35.5. The summed E-state index contributed by atoms with van der Waals surface area (Å²) in [5.74, 6) is 0.0257. The number of ether oxygens (including phenoxy) is 1. The van der Waals surface area contributed by atoms with E-state index in [1.54, 1.807) is 48.5 Å². The molecule has 0 heterocycles. The number of nitrogens with one attached hydrogen (secondary N) is 2. The van der Waals surface area contributed by atoms with Gasteiger partial charge in [-0.3, -0.25) is 9.52 Å². The zero-order valence-corrected chi connectivity index (χ0v) is 16.4. The number of rotatable bonds is 6. The lowest BCUT2D eigenvalue weighted by atomic mass is 10.2. The van der Waals surface area contributed by atoms with Crippen LogP contribution in [0.25, 0.3) is 0 Å². The summed E-state index contributed by atoms with van der Waals surface area (Å²) in [5.41, 5.74) is 1.10. The normalized spacial score (nSPS) is 10.9. The lowest BCUT2D eigenvalue weighted by molar-refractivity contribution is 0.102. The molecule has 0 fully saturated rings. The average Bonchev–Trinajstić information content (AvgIpc) is 2.69. The third-order valence-electron chi connectivity index (χ3n) is 3.84. The van der Waals surface area contributed by atoms with Crippen LogP contribution in [-0.4, -0.2) is 21.4 Å². The summed E-state index contributed by atoms with van der Waals surface area (Å²) in [6, 6.07) is 19.1. The highest BCUT2D eigenvalue weighted by Gasteiger charge is 2.17. The van der Waals surface area contributed by atoms with Crippen LogP contribution in [0.3, 0.4) is 0 Å². The molecule has 28 heavy (non-hydrogen) atoms. The van der Waals surface area contributed by atoms with Crippen LogP contribution in [0, 0.1) is 0 Å². The van der Waals surface area contributed by atoms with E-state index in [4.69, 9.17) is 16.3 Å². The Balaban J connectivity index is 1.80. The molecule has 0 atom stereocenters. The first-order valence-corrected chi connectivity index (χ1v) is 10.1. The van der Waals surface area contributed by atoms with Crippen LogP contribution in [0.15, 0.2) is 77.7 Å². The molecule has 0 saturated carbocycles. The maximum Gasteiger partial charge on any atom is 0.261 e. The number of sulfonamides is 1. The highest BCUT2D eigenvalue weighted by molar-refractivity contribution is 7.92. The van der Waals surface area contributed by atoms with Gasteiger partial charge in [0.15, 0.2) is 0 Å². The van der Waals surface area contributed by atoms with E-state index < -0.39 is 15.9 Å². The standard InChI is InChI=1S/C20H17ClN2O4S/c1-27-19-11-10-16(13-18(19)21)22-20(24)14-6-5-9-17(12-14)28(25,26)23-15-7-3-2-4-8-15/h2-13,23H,1H3,(H,22,24). The first kappa shape index (κ1) is 19.7. The van der Waals surface area contributed by atoms with E-state index in [0.717, 1.165) is 0 Å². The van der Waals surface area contributed by atoms with Gasteiger partial charge in [-0.05, 0) is 48.5 Å². The summed E-state index contributed by atoms with van der Waals surface area (Å²) in [6.45, 7) is 0. The Hall–Kier alpha value is -3.03. The number of anilines is 2. The number of carbonyl (C=O) groups excluding carboxylic acids is 1. The van der Waals surface area contributed by atoms with Crippen LogP contribution in [0.2, 0.25) is 5.02 Å². The summed E-state index contributed by atoms with van der Waals surface area (Å²) in [5, 5.41) is 3.04. The lowest BCUT2D eigenvalue weighted by Gasteiger charge is -2.10. The van der Waals surface area contributed by atoms with Crippen molar-refractivity contribution in [3.8, 4) is 5.75 Å². The summed E-state index contributed by atoms with van der Waals surface area (Å²) in [7, 11) is -2.33. The Morgan fingerprint density at radius 2 is 1.68 bits per heavy atom. The summed E-state index contributed by atoms with van der Waals surface area (Å²) >= 11 is 6.06. The molecule has 144 valence electrons. The fourth-order valence-corrected chi connectivity index (χ4v) is 3.83. The van der Waals surface area contributed by atoms with Gasteiger partial charge in [-0.1, -0.05) is 35.9 Å². The van der Waals surface area contributed by atoms with Crippen LogP contribution in [0.5, 0.6) is 5.75 Å². The topological polar surface area (TPSA) is 84.5 Å². The Bertz CT molecular complexity index is 1100. The van der Waals surface area contributed by atoms with Gasteiger partial charge in [0.25, 0.3) is 15.9 Å². The van der Waals surface area contributed by atoms with E-state index in [2.05, 4.69) is 10.0 Å². The summed E-state index contributed by atoms with van der Waals surface area (Å²) in [4.78, 5) is 12.5. The van der Waals surface area contributed by atoms with Gasteiger partial charge in [-0.15, -0.1) is 0 Å². The molecule has 0 unspecified atom stereocenters. The van der Waals surface area contributed by atoms with Gasteiger partial charge in [0.05, 0.1) is 17.0 Å². The number of carbonyl (C=O) groups is 1. The zero-order valence-electron chi connectivity index (χ0n) is 14.8. The molecular weight excluding hydrogens is 400 g/mol. The lowest BCUT2D eigenvalue weighted by Crippen LogP contribution is -2.16. The fourth-order valence-electron chi connectivity index (χ4n) is 2.47. The maximum absolute atomic E-state index is 12.6. The molecular formula is C20H17ClN2O4S. The molecule has 8 heteroatoms.